The van der Waals surface area contributed by atoms with E-state index < -0.39 is 89.9 Å². The number of hydrogen-bond donors (Lipinski definition) is 13. The molecule has 0 spiro atoms. The summed E-state index contributed by atoms with van der Waals surface area (Å²) in [5.74, 6) is -4.65. The summed E-state index contributed by atoms with van der Waals surface area (Å²) in [5, 5.41) is 39.5. The number of alkyl carbamates (subject to hydrolysis) is 1. The summed E-state index contributed by atoms with van der Waals surface area (Å²) in [4.78, 5) is 139. The summed E-state index contributed by atoms with van der Waals surface area (Å²) in [6.45, 7) is 9.14. The number of aromatic amines is 1. The smallest absolute Gasteiger partial charge is 0.407 e. The molecule has 0 unspecified atom stereocenters. The standard InChI is InChI=1S/C58H87N17O12/c1-7-36(4)49(59)54(82)69-44(11-8-9-19-65-58(85)87-26-25-86-6)56(84)74-23-21-73(22-24-74)39-15-18-42-41(30-39)55(83)75(34-67-42)32-48(77)68-43(12-10-20-64-57(60)61)51(79)72-47(29-38-31-63-33-66-38)53(81)71-46(28-37-13-16-40(76)17-14-37)52(80)70-45(27-35(2)3)50(78)62-5/h13-18,30-31,33-36,43-47,49,76H,7-12,19-29,32,59H2,1-6H3,(H,62,78)(H,63,66)(H,65,85)(H,68,77)(H,69,82)(H,70,80)(H,71,81)(H,72,79)(H4,60,61,64)/t36-,43-,44-,45-,46-,47-,49-/m0/s1. The minimum atomic E-state index is -1.39. The lowest BCUT2D eigenvalue weighted by Gasteiger charge is -2.38. The van der Waals surface area contributed by atoms with Crippen molar-refractivity contribution in [3.05, 3.63) is 82.9 Å². The molecule has 476 valence electrons. The van der Waals surface area contributed by atoms with Crippen LogP contribution in [0.2, 0.25) is 0 Å². The number of rotatable bonds is 34. The Hall–Kier alpha value is -8.86. The summed E-state index contributed by atoms with van der Waals surface area (Å²) in [7, 11) is 2.94. The molecule has 1 fully saturated rings. The number of guanidine groups is 1. The molecule has 15 N–H and O–H groups in total. The Morgan fingerprint density at radius 1 is 0.759 bits per heavy atom. The van der Waals surface area contributed by atoms with E-state index in [0.717, 1.165) is 4.57 Å². The van der Waals surface area contributed by atoms with E-state index in [4.69, 9.17) is 26.4 Å². The highest BCUT2D eigenvalue weighted by molar-refractivity contribution is 5.96. The second kappa shape index (κ2) is 34.9. The highest BCUT2D eigenvalue weighted by Crippen LogP contribution is 2.22. The molecule has 3 heterocycles. The van der Waals surface area contributed by atoms with Crippen molar-refractivity contribution < 1.29 is 52.9 Å². The number of H-pyrrole nitrogens is 1. The van der Waals surface area contributed by atoms with Gasteiger partial charge in [0.1, 0.15) is 49.1 Å². The van der Waals surface area contributed by atoms with E-state index >= 15 is 0 Å². The van der Waals surface area contributed by atoms with Gasteiger partial charge >= 0.3 is 6.09 Å². The van der Waals surface area contributed by atoms with Crippen LogP contribution in [-0.2, 0) is 62.4 Å². The van der Waals surface area contributed by atoms with Gasteiger partial charge in [-0.1, -0.05) is 46.2 Å². The van der Waals surface area contributed by atoms with Crippen molar-refractivity contribution in [3.63, 3.8) is 0 Å². The van der Waals surface area contributed by atoms with E-state index in [9.17, 15) is 48.3 Å². The van der Waals surface area contributed by atoms with Crippen LogP contribution >= 0.6 is 0 Å². The molecule has 0 bridgehead atoms. The fourth-order valence-corrected chi connectivity index (χ4v) is 9.62. The summed E-state index contributed by atoms with van der Waals surface area (Å²) in [6, 6.07) is 4.52. The van der Waals surface area contributed by atoms with Crippen LogP contribution in [0.1, 0.15) is 83.9 Å². The zero-order valence-corrected chi connectivity index (χ0v) is 50.4. The number of aromatic hydroxyl groups is 1. The molecule has 29 nitrogen and oxygen atoms in total. The number of piperazine rings is 1. The van der Waals surface area contributed by atoms with Gasteiger partial charge in [-0.3, -0.25) is 48.3 Å². The number of nitrogens with two attached hydrogens (primary N) is 2. The predicted octanol–water partition coefficient (Wildman–Crippen LogP) is -0.645. The van der Waals surface area contributed by atoms with Gasteiger partial charge in [0, 0.05) is 78.2 Å². The first kappa shape index (κ1) is 68.9. The van der Waals surface area contributed by atoms with Gasteiger partial charge in [-0.15, -0.1) is 0 Å². The SMILES string of the molecule is CC[C@H](C)[C@H](N)C(=O)N[C@@H](CCCCNC(=O)OCCOC)C(=O)N1CCN(c2ccc3ncn(CC(=O)N[C@@H](CCCNC(=N)N)C(=O)N[C@@H](Cc4c[nH]cn4)C(=O)N[C@@H](Cc4ccc(O)cc4)C(=O)N[C@@H](CC(C)C)C(=O)NC)c(=O)c3c2)CC1. The van der Waals surface area contributed by atoms with Gasteiger partial charge in [-0.05, 0) is 86.3 Å². The fourth-order valence-electron chi connectivity index (χ4n) is 9.62. The molecular formula is C58H87N17O12. The van der Waals surface area contributed by atoms with Gasteiger partial charge in [0.15, 0.2) is 5.96 Å². The van der Waals surface area contributed by atoms with Crippen molar-refractivity contribution in [2.45, 2.75) is 128 Å². The molecule has 29 heteroatoms. The monoisotopic (exact) mass is 1210 g/mol. The maximum atomic E-state index is 14.4. The molecular weight excluding hydrogens is 1130 g/mol. The van der Waals surface area contributed by atoms with Crippen molar-refractivity contribution in [3.8, 4) is 5.75 Å². The normalized spacial score (nSPS) is 14.7. The number of amides is 8. The van der Waals surface area contributed by atoms with Crippen LogP contribution < -0.4 is 64.5 Å². The molecule has 1 aliphatic heterocycles. The molecule has 5 rings (SSSR count). The highest BCUT2D eigenvalue weighted by Gasteiger charge is 2.34. The maximum absolute atomic E-state index is 14.4. The minimum absolute atomic E-state index is 0.00718. The lowest BCUT2D eigenvalue weighted by Crippen LogP contribution is -2.59. The number of aromatic nitrogens is 4. The van der Waals surface area contributed by atoms with Gasteiger partial charge in [0.05, 0.1) is 41.9 Å². The minimum Gasteiger partial charge on any atom is -0.508 e. The molecule has 8 amide bonds. The van der Waals surface area contributed by atoms with Gasteiger partial charge in [0.2, 0.25) is 41.4 Å². The number of hydrogen-bond acceptors (Lipinski definition) is 17. The number of imidazole rings is 1. The zero-order chi connectivity index (χ0) is 63.6. The maximum Gasteiger partial charge on any atom is 0.407 e. The number of carbonyl (C=O) groups is 8. The third kappa shape index (κ3) is 22.2. The molecule has 0 radical (unpaired) electrons. The number of likely N-dealkylation sites (N-methyl/N-ethyl adjacent to an activating group) is 1. The van der Waals surface area contributed by atoms with Crippen molar-refractivity contribution in [2.75, 3.05) is 71.5 Å². The van der Waals surface area contributed by atoms with E-state index in [1.54, 1.807) is 35.2 Å². The van der Waals surface area contributed by atoms with E-state index in [2.05, 4.69) is 57.5 Å². The van der Waals surface area contributed by atoms with Crippen LogP contribution in [0.5, 0.6) is 5.75 Å². The van der Waals surface area contributed by atoms with Crippen LogP contribution in [0, 0.1) is 17.2 Å². The number of unbranched alkanes of at least 4 members (excludes halogenated alkanes) is 1. The summed E-state index contributed by atoms with van der Waals surface area (Å²) < 4.78 is 11.0. The van der Waals surface area contributed by atoms with Crippen LogP contribution in [0.25, 0.3) is 10.9 Å². The third-order valence-electron chi connectivity index (χ3n) is 14.8. The summed E-state index contributed by atoms with van der Waals surface area (Å²) >= 11 is 0. The van der Waals surface area contributed by atoms with Crippen molar-refractivity contribution in [1.29, 1.82) is 5.41 Å². The number of phenols is 1. The average molecular weight is 1210 g/mol. The lowest BCUT2D eigenvalue weighted by molar-refractivity contribution is -0.137. The number of anilines is 1. The number of nitrogens with one attached hydrogen (secondary N) is 10. The Bertz CT molecular complexity index is 2990. The van der Waals surface area contributed by atoms with E-state index in [1.165, 1.54) is 45.1 Å². The number of benzene rings is 2. The van der Waals surface area contributed by atoms with Gasteiger partial charge in [-0.25, -0.2) is 14.8 Å². The molecule has 7 atom stereocenters. The summed E-state index contributed by atoms with van der Waals surface area (Å²) in [5.41, 5.74) is 13.1. The second-order valence-corrected chi connectivity index (χ2v) is 21.9. The second-order valence-electron chi connectivity index (χ2n) is 21.9. The van der Waals surface area contributed by atoms with Crippen LogP contribution in [0.4, 0.5) is 10.5 Å². The van der Waals surface area contributed by atoms with E-state index in [-0.39, 0.29) is 80.3 Å². The molecule has 0 saturated carbocycles. The topological polar surface area (TPSA) is 417 Å². The molecule has 1 saturated heterocycles. The van der Waals surface area contributed by atoms with Gasteiger partial charge in [0.25, 0.3) is 5.56 Å². The van der Waals surface area contributed by atoms with Crippen molar-refractivity contribution in [1.82, 2.24) is 67.0 Å². The largest absolute Gasteiger partial charge is 0.508 e. The third-order valence-corrected chi connectivity index (χ3v) is 14.8. The molecule has 2 aromatic carbocycles. The number of nitrogens with zero attached hydrogens (tertiary/aromatic N) is 5. The number of fused-ring (bicyclic) bond motifs is 1. The van der Waals surface area contributed by atoms with Crippen molar-refractivity contribution >= 4 is 70.0 Å². The first-order valence-corrected chi connectivity index (χ1v) is 29.3. The Kier molecular flexibility index (Phi) is 27.7. The first-order valence-electron chi connectivity index (χ1n) is 29.3. The van der Waals surface area contributed by atoms with Crippen LogP contribution in [0.3, 0.4) is 0 Å². The highest BCUT2D eigenvalue weighted by atomic mass is 16.6. The fraction of sp³-hybridized carbons (Fsp3) is 0.552. The molecule has 87 heavy (non-hydrogen) atoms. The Morgan fingerprint density at radius 2 is 1.40 bits per heavy atom. The van der Waals surface area contributed by atoms with E-state index in [0.29, 0.717) is 87.3 Å². The summed E-state index contributed by atoms with van der Waals surface area (Å²) in [6.07, 6.45) is 5.74. The zero-order valence-electron chi connectivity index (χ0n) is 50.4. The van der Waals surface area contributed by atoms with Crippen LogP contribution in [0.15, 0.2) is 66.1 Å². The number of carbonyl (C=O) groups excluding carboxylic acids is 8. The number of phenolic OH excluding ortho intramolecular Hbond substituents is 1. The molecule has 2 aromatic heterocycles. The van der Waals surface area contributed by atoms with Crippen LogP contribution in [-0.4, -0.2) is 186 Å². The Labute approximate surface area is 505 Å². The quantitative estimate of drug-likeness (QED) is 0.0157. The average Bonchev–Trinajstić information content (AvgIpc) is 2.27. The lowest BCUT2D eigenvalue weighted by atomic mass is 9.98. The van der Waals surface area contributed by atoms with Gasteiger partial charge < -0.3 is 83.4 Å². The Balaban J connectivity index is 1.30. The van der Waals surface area contributed by atoms with Gasteiger partial charge in [-0.2, -0.15) is 0 Å². The molecule has 1 aliphatic rings. The molecule has 4 aromatic rings. The number of methoxy groups -OCH3 is 1. The predicted molar refractivity (Wildman–Crippen MR) is 324 cm³/mol. The number of ether oxygens (including phenoxy) is 2. The Morgan fingerprint density at radius 3 is 2.03 bits per heavy atom. The van der Waals surface area contributed by atoms with Crippen molar-refractivity contribution in [2.24, 2.45) is 23.3 Å². The molecule has 0 aliphatic carbocycles. The van der Waals surface area contributed by atoms with E-state index in [1.807, 2.05) is 32.6 Å². The first-order chi connectivity index (χ1) is 41.6.